The fourth-order valence-electron chi connectivity index (χ4n) is 2.74. The number of nitrogens with zero attached hydrogens (tertiary/aromatic N) is 2. The number of para-hydroxylation sites is 1. The van der Waals surface area contributed by atoms with E-state index in [0.717, 1.165) is 27.9 Å². The van der Waals surface area contributed by atoms with Crippen LogP contribution in [0.5, 0.6) is 0 Å². The summed E-state index contributed by atoms with van der Waals surface area (Å²) < 4.78 is 5.74. The number of benzene rings is 1. The minimum absolute atomic E-state index is 0.0873. The van der Waals surface area contributed by atoms with Crippen molar-refractivity contribution in [1.82, 2.24) is 4.98 Å². The van der Waals surface area contributed by atoms with Gasteiger partial charge in [-0.2, -0.15) is 0 Å². The molecule has 8 heteroatoms. The summed E-state index contributed by atoms with van der Waals surface area (Å²) in [6.45, 7) is 5.08. The van der Waals surface area contributed by atoms with Crippen molar-refractivity contribution < 1.29 is 14.3 Å². The second kappa shape index (κ2) is 9.61. The lowest BCUT2D eigenvalue weighted by atomic mass is 10.2. The van der Waals surface area contributed by atoms with Crippen LogP contribution in [0.4, 0.5) is 5.69 Å². The van der Waals surface area contributed by atoms with Crippen molar-refractivity contribution in [2.24, 2.45) is 0 Å². The maximum atomic E-state index is 12.9. The van der Waals surface area contributed by atoms with Gasteiger partial charge < -0.3 is 9.64 Å². The summed E-state index contributed by atoms with van der Waals surface area (Å²) in [6, 6.07) is 8.09. The molecule has 0 N–H and O–H groups in total. The molecule has 1 aromatic carbocycles. The van der Waals surface area contributed by atoms with Crippen LogP contribution in [-0.2, 0) is 20.7 Å². The number of anilines is 1. The molecule has 5 nitrogen and oxygen atoms in total. The molecule has 0 radical (unpaired) electrons. The standard InChI is InChI=1S/C19H22N2O3S3/c1-3-24-18(23)10-14-11-25-19(20-14)26-12-17(22)21-9-8-13(2)27-16-7-5-4-6-15(16)21/h4-7,11,13H,3,8-10,12H2,1-2H3. The molecule has 3 rings (SSSR count). The van der Waals surface area contributed by atoms with Crippen molar-refractivity contribution >= 4 is 52.4 Å². The van der Waals surface area contributed by atoms with Crippen LogP contribution in [0.15, 0.2) is 38.9 Å². The zero-order valence-electron chi connectivity index (χ0n) is 15.3. The lowest BCUT2D eigenvalue weighted by molar-refractivity contribution is -0.142. The highest BCUT2D eigenvalue weighted by Gasteiger charge is 2.24. The van der Waals surface area contributed by atoms with Gasteiger partial charge in [0.15, 0.2) is 4.34 Å². The molecule has 1 atom stereocenters. The largest absolute Gasteiger partial charge is 0.466 e. The number of thiazole rings is 1. The Morgan fingerprint density at radius 2 is 2.19 bits per heavy atom. The number of rotatable bonds is 6. The number of thioether (sulfide) groups is 2. The molecule has 0 aliphatic carbocycles. The quantitative estimate of drug-likeness (QED) is 0.512. The van der Waals surface area contributed by atoms with Crippen LogP contribution in [0.2, 0.25) is 0 Å². The van der Waals surface area contributed by atoms with Crippen LogP contribution in [0.1, 0.15) is 26.0 Å². The molecule has 2 heterocycles. The Balaban J connectivity index is 1.61. The highest BCUT2D eigenvalue weighted by molar-refractivity contribution is 8.01. The number of fused-ring (bicyclic) bond motifs is 1. The number of ether oxygens (including phenoxy) is 1. The number of hydrogen-bond acceptors (Lipinski definition) is 7. The summed E-state index contributed by atoms with van der Waals surface area (Å²) in [5.41, 5.74) is 1.69. The maximum absolute atomic E-state index is 12.9. The predicted octanol–water partition coefficient (Wildman–Crippen LogP) is 4.26. The van der Waals surface area contributed by atoms with Gasteiger partial charge in [-0.05, 0) is 25.5 Å². The van der Waals surface area contributed by atoms with Crippen molar-refractivity contribution in [2.45, 2.75) is 41.2 Å². The van der Waals surface area contributed by atoms with Crippen LogP contribution in [0, 0.1) is 0 Å². The van der Waals surface area contributed by atoms with Crippen LogP contribution in [-0.4, -0.2) is 41.0 Å². The third-order valence-corrected chi connectivity index (χ3v) is 7.32. The fourth-order valence-corrected chi connectivity index (χ4v) is 5.58. The molecule has 0 saturated carbocycles. The van der Waals surface area contributed by atoms with Crippen LogP contribution in [0.25, 0.3) is 0 Å². The molecule has 1 amide bonds. The first-order chi connectivity index (χ1) is 13.1. The molecule has 0 fully saturated rings. The minimum atomic E-state index is -0.275. The van der Waals surface area contributed by atoms with Gasteiger partial charge in [-0.15, -0.1) is 23.1 Å². The van der Waals surface area contributed by atoms with Gasteiger partial charge in [0.2, 0.25) is 5.91 Å². The molecule has 1 aliphatic rings. The van der Waals surface area contributed by atoms with E-state index in [4.69, 9.17) is 4.74 Å². The first-order valence-corrected chi connectivity index (χ1v) is 11.6. The molecule has 0 spiro atoms. The molecule has 1 aromatic heterocycles. The van der Waals surface area contributed by atoms with Crippen LogP contribution < -0.4 is 4.90 Å². The topological polar surface area (TPSA) is 59.5 Å². The minimum Gasteiger partial charge on any atom is -0.466 e. The second-order valence-corrected chi connectivity index (χ2v) is 9.67. The number of carbonyl (C=O) groups is 2. The summed E-state index contributed by atoms with van der Waals surface area (Å²) in [5.74, 6) is 0.146. The smallest absolute Gasteiger partial charge is 0.311 e. The molecule has 1 unspecified atom stereocenters. The second-order valence-electron chi connectivity index (χ2n) is 6.11. The molecule has 0 saturated heterocycles. The first kappa shape index (κ1) is 20.2. The zero-order valence-corrected chi connectivity index (χ0v) is 17.8. The van der Waals surface area contributed by atoms with Gasteiger partial charge in [0, 0.05) is 22.1 Å². The van der Waals surface area contributed by atoms with E-state index >= 15 is 0 Å². The third kappa shape index (κ3) is 5.49. The van der Waals surface area contributed by atoms with Gasteiger partial charge in [-0.1, -0.05) is 30.8 Å². The van der Waals surface area contributed by atoms with Gasteiger partial charge in [0.25, 0.3) is 0 Å². The number of hydrogen-bond donors (Lipinski definition) is 0. The number of carbonyl (C=O) groups excluding carboxylic acids is 2. The molecular formula is C19H22N2O3S3. The third-order valence-electron chi connectivity index (χ3n) is 4.03. The monoisotopic (exact) mass is 422 g/mol. The first-order valence-electron chi connectivity index (χ1n) is 8.85. The highest BCUT2D eigenvalue weighted by atomic mass is 32.2. The molecule has 2 aromatic rings. The Labute approximate surface area is 171 Å². The molecule has 0 bridgehead atoms. The van der Waals surface area contributed by atoms with Crippen LogP contribution in [0.3, 0.4) is 0 Å². The molecular weight excluding hydrogens is 400 g/mol. The normalized spacial score (nSPS) is 16.5. The van der Waals surface area contributed by atoms with E-state index < -0.39 is 0 Å². The summed E-state index contributed by atoms with van der Waals surface area (Å²) >= 11 is 4.71. The van der Waals surface area contributed by atoms with Gasteiger partial charge in [-0.3, -0.25) is 9.59 Å². The predicted molar refractivity (Wildman–Crippen MR) is 112 cm³/mol. The van der Waals surface area contributed by atoms with Gasteiger partial charge >= 0.3 is 5.97 Å². The molecule has 144 valence electrons. The van der Waals surface area contributed by atoms with Gasteiger partial charge in [0.1, 0.15) is 0 Å². The van der Waals surface area contributed by atoms with Crippen molar-refractivity contribution in [1.29, 1.82) is 0 Å². The van der Waals surface area contributed by atoms with E-state index in [-0.39, 0.29) is 18.3 Å². The van der Waals surface area contributed by atoms with E-state index in [2.05, 4.69) is 18.0 Å². The maximum Gasteiger partial charge on any atom is 0.311 e. The Kier molecular flexibility index (Phi) is 7.20. The number of aromatic nitrogens is 1. The highest BCUT2D eigenvalue weighted by Crippen LogP contribution is 2.37. The Hall–Kier alpha value is -1.51. The van der Waals surface area contributed by atoms with Gasteiger partial charge in [0.05, 0.1) is 30.2 Å². The summed E-state index contributed by atoms with van der Waals surface area (Å²) in [6.07, 6.45) is 1.14. The van der Waals surface area contributed by atoms with E-state index in [9.17, 15) is 9.59 Å². The summed E-state index contributed by atoms with van der Waals surface area (Å²) in [5, 5.41) is 2.34. The van der Waals surface area contributed by atoms with E-state index in [1.54, 1.807) is 6.92 Å². The van der Waals surface area contributed by atoms with E-state index in [0.29, 0.717) is 23.3 Å². The van der Waals surface area contributed by atoms with E-state index in [1.807, 2.05) is 40.2 Å². The molecule has 1 aliphatic heterocycles. The van der Waals surface area contributed by atoms with E-state index in [1.165, 1.54) is 23.1 Å². The van der Waals surface area contributed by atoms with Crippen molar-refractivity contribution in [3.05, 3.63) is 35.3 Å². The Morgan fingerprint density at radius 3 is 3.00 bits per heavy atom. The summed E-state index contributed by atoms with van der Waals surface area (Å²) in [7, 11) is 0. The van der Waals surface area contributed by atoms with Crippen molar-refractivity contribution in [2.75, 3.05) is 23.8 Å². The Morgan fingerprint density at radius 1 is 1.37 bits per heavy atom. The Bertz CT molecular complexity index is 809. The SMILES string of the molecule is CCOC(=O)Cc1csc(SCC(=O)N2CCC(C)Sc3ccccc32)n1. The van der Waals surface area contributed by atoms with Crippen molar-refractivity contribution in [3.8, 4) is 0 Å². The number of amides is 1. The molecule has 27 heavy (non-hydrogen) atoms. The van der Waals surface area contributed by atoms with Crippen molar-refractivity contribution in [3.63, 3.8) is 0 Å². The van der Waals surface area contributed by atoms with Crippen LogP contribution >= 0.6 is 34.9 Å². The fraction of sp³-hybridized carbons (Fsp3) is 0.421. The van der Waals surface area contributed by atoms with Gasteiger partial charge in [-0.25, -0.2) is 4.98 Å². The average Bonchev–Trinajstić information content (AvgIpc) is 3.01. The average molecular weight is 423 g/mol. The lowest BCUT2D eigenvalue weighted by Crippen LogP contribution is -2.33. The zero-order chi connectivity index (χ0) is 19.2. The summed E-state index contributed by atoms with van der Waals surface area (Å²) in [4.78, 5) is 31.9. The number of esters is 1. The lowest BCUT2D eigenvalue weighted by Gasteiger charge is -2.22.